The van der Waals surface area contributed by atoms with Gasteiger partial charge in [-0.05, 0) is 25.5 Å². The Kier molecular flexibility index (Phi) is 3.33. The predicted molar refractivity (Wildman–Crippen MR) is 63.9 cm³/mol. The van der Waals surface area contributed by atoms with Crippen LogP contribution < -0.4 is 0 Å². The largest absolute Gasteiger partial charge is 0.507 e. The van der Waals surface area contributed by atoms with Crippen molar-refractivity contribution in [3.05, 3.63) is 29.3 Å². The quantitative estimate of drug-likeness (QED) is 0.808. The lowest BCUT2D eigenvalue weighted by molar-refractivity contribution is 0.0779. The molecule has 4 nitrogen and oxygen atoms in total. The number of hydrogen-bond acceptors (Lipinski definition) is 3. The molecule has 1 aromatic carbocycles. The van der Waals surface area contributed by atoms with Crippen molar-refractivity contribution < 1.29 is 15.0 Å². The third-order valence-electron chi connectivity index (χ3n) is 3.21. The molecular weight excluding hydrogens is 218 g/mol. The van der Waals surface area contributed by atoms with Gasteiger partial charge in [-0.25, -0.2) is 0 Å². The second-order valence-corrected chi connectivity index (χ2v) is 4.61. The molecule has 1 amide bonds. The van der Waals surface area contributed by atoms with E-state index < -0.39 is 0 Å². The number of likely N-dealkylation sites (tertiary alicyclic amines) is 1. The molecule has 1 heterocycles. The molecule has 1 fully saturated rings. The minimum atomic E-state index is -0.151. The van der Waals surface area contributed by atoms with E-state index in [1.807, 2.05) is 6.92 Å². The Hall–Kier alpha value is -1.55. The van der Waals surface area contributed by atoms with E-state index in [1.54, 1.807) is 23.1 Å². The van der Waals surface area contributed by atoms with Gasteiger partial charge < -0.3 is 15.1 Å². The van der Waals surface area contributed by atoms with Crippen LogP contribution in [0.4, 0.5) is 0 Å². The van der Waals surface area contributed by atoms with Crippen LogP contribution in [0.2, 0.25) is 0 Å². The zero-order chi connectivity index (χ0) is 12.4. The standard InChI is InChI=1S/C13H17NO3/c1-9-2-3-12(16)11(6-9)13(17)14-5-4-10(7-14)8-15/h2-3,6,10,15-16H,4-5,7-8H2,1H3. The number of phenols is 1. The Morgan fingerprint density at radius 1 is 1.53 bits per heavy atom. The predicted octanol–water partition coefficient (Wildman–Crippen LogP) is 1.16. The molecular formula is C13H17NO3. The number of carbonyl (C=O) groups is 1. The van der Waals surface area contributed by atoms with Crippen molar-refractivity contribution in [2.75, 3.05) is 19.7 Å². The molecule has 1 aromatic rings. The van der Waals surface area contributed by atoms with Crippen LogP contribution in [-0.2, 0) is 0 Å². The zero-order valence-corrected chi connectivity index (χ0v) is 9.89. The SMILES string of the molecule is Cc1ccc(O)c(C(=O)N2CCC(CO)C2)c1. The summed E-state index contributed by atoms with van der Waals surface area (Å²) < 4.78 is 0. The molecule has 0 saturated carbocycles. The summed E-state index contributed by atoms with van der Waals surface area (Å²) in [6, 6.07) is 5.01. The number of aryl methyl sites for hydroxylation is 1. The minimum absolute atomic E-state index is 0.0213. The topological polar surface area (TPSA) is 60.8 Å². The summed E-state index contributed by atoms with van der Waals surface area (Å²) in [5.74, 6) is 0.0427. The fourth-order valence-corrected chi connectivity index (χ4v) is 2.16. The average Bonchev–Trinajstić information content (AvgIpc) is 2.80. The van der Waals surface area contributed by atoms with Gasteiger partial charge >= 0.3 is 0 Å². The zero-order valence-electron chi connectivity index (χ0n) is 9.89. The van der Waals surface area contributed by atoms with Crippen molar-refractivity contribution in [1.82, 2.24) is 4.90 Å². The highest BCUT2D eigenvalue weighted by atomic mass is 16.3. The molecule has 2 rings (SSSR count). The average molecular weight is 235 g/mol. The molecule has 0 aliphatic carbocycles. The number of aliphatic hydroxyl groups is 1. The van der Waals surface area contributed by atoms with Gasteiger partial charge in [-0.2, -0.15) is 0 Å². The van der Waals surface area contributed by atoms with E-state index in [1.165, 1.54) is 0 Å². The summed E-state index contributed by atoms with van der Waals surface area (Å²) in [7, 11) is 0. The smallest absolute Gasteiger partial charge is 0.257 e. The summed E-state index contributed by atoms with van der Waals surface area (Å²) >= 11 is 0. The van der Waals surface area contributed by atoms with Gasteiger partial charge in [-0.3, -0.25) is 4.79 Å². The Balaban J connectivity index is 2.17. The molecule has 1 aliphatic rings. The molecule has 4 heteroatoms. The number of nitrogens with zero attached hydrogens (tertiary/aromatic N) is 1. The number of benzene rings is 1. The molecule has 1 atom stereocenters. The molecule has 1 saturated heterocycles. The summed E-state index contributed by atoms with van der Waals surface area (Å²) in [4.78, 5) is 13.9. The lowest BCUT2D eigenvalue weighted by atomic mass is 10.1. The Bertz CT molecular complexity index is 431. The minimum Gasteiger partial charge on any atom is -0.507 e. The fraction of sp³-hybridized carbons (Fsp3) is 0.462. The van der Waals surface area contributed by atoms with E-state index in [0.29, 0.717) is 18.7 Å². The molecule has 0 radical (unpaired) electrons. The molecule has 17 heavy (non-hydrogen) atoms. The Morgan fingerprint density at radius 2 is 2.29 bits per heavy atom. The van der Waals surface area contributed by atoms with E-state index >= 15 is 0 Å². The molecule has 92 valence electrons. The fourth-order valence-electron chi connectivity index (χ4n) is 2.16. The first-order valence-corrected chi connectivity index (χ1v) is 5.81. The molecule has 0 bridgehead atoms. The number of amides is 1. The first-order chi connectivity index (χ1) is 8.11. The van der Waals surface area contributed by atoms with Crippen molar-refractivity contribution in [1.29, 1.82) is 0 Å². The highest BCUT2D eigenvalue weighted by Crippen LogP contribution is 2.23. The van der Waals surface area contributed by atoms with Gasteiger partial charge in [0.05, 0.1) is 5.56 Å². The van der Waals surface area contributed by atoms with Crippen LogP contribution >= 0.6 is 0 Å². The third-order valence-corrected chi connectivity index (χ3v) is 3.21. The van der Waals surface area contributed by atoms with Crippen LogP contribution in [0.3, 0.4) is 0 Å². The van der Waals surface area contributed by atoms with E-state index in [0.717, 1.165) is 12.0 Å². The van der Waals surface area contributed by atoms with E-state index in [9.17, 15) is 9.90 Å². The Labute approximate surface area is 100 Å². The monoisotopic (exact) mass is 235 g/mol. The van der Waals surface area contributed by atoms with Crippen molar-refractivity contribution in [3.8, 4) is 5.75 Å². The van der Waals surface area contributed by atoms with Gasteiger partial charge in [-0.1, -0.05) is 11.6 Å². The number of aromatic hydroxyl groups is 1. The van der Waals surface area contributed by atoms with Crippen molar-refractivity contribution >= 4 is 5.91 Å². The highest BCUT2D eigenvalue weighted by Gasteiger charge is 2.27. The Morgan fingerprint density at radius 3 is 2.94 bits per heavy atom. The lowest BCUT2D eigenvalue weighted by Crippen LogP contribution is -2.29. The van der Waals surface area contributed by atoms with Crippen LogP contribution in [0.5, 0.6) is 5.75 Å². The number of aliphatic hydroxyl groups excluding tert-OH is 1. The van der Waals surface area contributed by atoms with Crippen LogP contribution in [-0.4, -0.2) is 40.7 Å². The van der Waals surface area contributed by atoms with Crippen LogP contribution in [0.25, 0.3) is 0 Å². The summed E-state index contributed by atoms with van der Waals surface area (Å²) in [5, 5.41) is 18.7. The van der Waals surface area contributed by atoms with Gasteiger partial charge in [0.15, 0.2) is 0 Å². The number of rotatable bonds is 2. The normalized spacial score (nSPS) is 19.6. The van der Waals surface area contributed by atoms with Crippen LogP contribution in [0.1, 0.15) is 22.3 Å². The molecule has 0 aromatic heterocycles. The molecule has 1 aliphatic heterocycles. The van der Waals surface area contributed by atoms with Crippen molar-refractivity contribution in [3.63, 3.8) is 0 Å². The third kappa shape index (κ3) is 2.42. The second-order valence-electron chi connectivity index (χ2n) is 4.61. The van der Waals surface area contributed by atoms with E-state index in [2.05, 4.69) is 0 Å². The molecule has 0 spiro atoms. The first kappa shape index (κ1) is 11.9. The van der Waals surface area contributed by atoms with Crippen LogP contribution in [0.15, 0.2) is 18.2 Å². The summed E-state index contributed by atoms with van der Waals surface area (Å²) in [6.07, 6.45) is 0.828. The maximum absolute atomic E-state index is 12.2. The van der Waals surface area contributed by atoms with Crippen LogP contribution in [0, 0.1) is 12.8 Å². The van der Waals surface area contributed by atoms with Crippen molar-refractivity contribution in [2.45, 2.75) is 13.3 Å². The summed E-state index contributed by atoms with van der Waals surface area (Å²) in [6.45, 7) is 3.22. The highest BCUT2D eigenvalue weighted by molar-refractivity contribution is 5.97. The molecule has 2 N–H and O–H groups in total. The van der Waals surface area contributed by atoms with Gasteiger partial charge in [-0.15, -0.1) is 0 Å². The second kappa shape index (κ2) is 4.75. The van der Waals surface area contributed by atoms with Gasteiger partial charge in [0.2, 0.25) is 0 Å². The molecule has 1 unspecified atom stereocenters. The van der Waals surface area contributed by atoms with Gasteiger partial charge in [0.1, 0.15) is 5.75 Å². The van der Waals surface area contributed by atoms with E-state index in [4.69, 9.17) is 5.11 Å². The van der Waals surface area contributed by atoms with Gasteiger partial charge in [0.25, 0.3) is 5.91 Å². The lowest BCUT2D eigenvalue weighted by Gasteiger charge is -2.17. The maximum Gasteiger partial charge on any atom is 0.257 e. The summed E-state index contributed by atoms with van der Waals surface area (Å²) in [5.41, 5.74) is 1.30. The van der Waals surface area contributed by atoms with Crippen molar-refractivity contribution in [2.24, 2.45) is 5.92 Å². The maximum atomic E-state index is 12.2. The number of carbonyl (C=O) groups excluding carboxylic acids is 1. The number of hydrogen-bond donors (Lipinski definition) is 2. The first-order valence-electron chi connectivity index (χ1n) is 5.81. The van der Waals surface area contributed by atoms with E-state index in [-0.39, 0.29) is 24.2 Å². The number of phenolic OH excluding ortho intramolecular Hbond substituents is 1. The van der Waals surface area contributed by atoms with Gasteiger partial charge in [0, 0.05) is 25.6 Å².